The van der Waals surface area contributed by atoms with Crippen LogP contribution in [0.5, 0.6) is 11.5 Å². The van der Waals surface area contributed by atoms with Gasteiger partial charge in [-0.05, 0) is 48.4 Å². The number of amides is 2. The molecule has 3 aromatic carbocycles. The number of halogens is 2. The first kappa shape index (κ1) is 26.8. The maximum atomic E-state index is 14.7. The lowest BCUT2D eigenvalue weighted by atomic mass is 9.70. The number of carbonyl (C=O) groups is 3. The van der Waals surface area contributed by atoms with Gasteiger partial charge in [0.1, 0.15) is 23.0 Å². The summed E-state index contributed by atoms with van der Waals surface area (Å²) in [5.41, 5.74) is -1.22. The van der Waals surface area contributed by atoms with E-state index in [0.717, 1.165) is 6.07 Å². The lowest BCUT2D eigenvalue weighted by Gasteiger charge is -2.29. The van der Waals surface area contributed by atoms with Gasteiger partial charge in [-0.25, -0.2) is 13.6 Å². The van der Waals surface area contributed by atoms with Gasteiger partial charge < -0.3 is 20.1 Å². The molecule has 9 heteroatoms. The van der Waals surface area contributed by atoms with E-state index >= 15 is 0 Å². The van der Waals surface area contributed by atoms with Gasteiger partial charge in [-0.1, -0.05) is 51.1 Å². The third kappa shape index (κ3) is 4.60. The van der Waals surface area contributed by atoms with Crippen molar-refractivity contribution in [2.75, 3.05) is 12.4 Å². The molecule has 2 amide bonds. The van der Waals surface area contributed by atoms with Crippen LogP contribution in [0, 0.1) is 17.0 Å². The van der Waals surface area contributed by atoms with E-state index in [1.54, 1.807) is 57.2 Å². The Hall–Kier alpha value is -4.27. The minimum atomic E-state index is -1.51. The number of rotatable bonds is 6. The van der Waals surface area contributed by atoms with E-state index in [1.165, 1.54) is 32.2 Å². The molecule has 38 heavy (non-hydrogen) atoms. The molecule has 0 fully saturated rings. The molecule has 198 valence electrons. The van der Waals surface area contributed by atoms with Gasteiger partial charge >= 0.3 is 5.97 Å². The summed E-state index contributed by atoms with van der Waals surface area (Å²) in [6.45, 7) is 6.71. The summed E-state index contributed by atoms with van der Waals surface area (Å²) >= 11 is 0. The maximum Gasteiger partial charge on any atom is 0.333 e. The molecule has 0 saturated heterocycles. The first-order chi connectivity index (χ1) is 17.9. The number of esters is 1. The van der Waals surface area contributed by atoms with Crippen molar-refractivity contribution in [2.24, 2.45) is 5.41 Å². The summed E-state index contributed by atoms with van der Waals surface area (Å²) < 4.78 is 39.4. The van der Waals surface area contributed by atoms with Crippen LogP contribution in [-0.2, 0) is 19.8 Å². The molecule has 1 heterocycles. The van der Waals surface area contributed by atoms with Crippen molar-refractivity contribution in [2.45, 2.75) is 39.2 Å². The third-order valence-electron chi connectivity index (χ3n) is 6.49. The standard InChI is InChI=1S/C29H28F2N2O5/c1-16(32-26(35)28(2,3)4)25(34)38-20-12-8-18(9-13-20)29(17-6-10-19(37-5)11-7-17)21-14-15-22(30)23(31)24(21)33-27(29)36/h6-16H,1-5H3,(H,32,35)(H,33,36). The third-order valence-corrected chi connectivity index (χ3v) is 6.49. The van der Waals surface area contributed by atoms with Crippen LogP contribution in [-0.4, -0.2) is 30.9 Å². The molecule has 0 aromatic heterocycles. The van der Waals surface area contributed by atoms with Crippen molar-refractivity contribution in [3.63, 3.8) is 0 Å². The highest BCUT2D eigenvalue weighted by atomic mass is 19.2. The molecule has 2 atom stereocenters. The number of methoxy groups -OCH3 is 1. The van der Waals surface area contributed by atoms with Crippen LogP contribution >= 0.6 is 0 Å². The Morgan fingerprint density at radius 3 is 2.00 bits per heavy atom. The van der Waals surface area contributed by atoms with Crippen molar-refractivity contribution in [3.8, 4) is 11.5 Å². The molecule has 0 bridgehead atoms. The number of carbonyl (C=O) groups excluding carboxylic acids is 3. The number of anilines is 1. The van der Waals surface area contributed by atoms with Crippen LogP contribution in [0.1, 0.15) is 44.4 Å². The van der Waals surface area contributed by atoms with E-state index < -0.39 is 40.4 Å². The van der Waals surface area contributed by atoms with Crippen molar-refractivity contribution < 1.29 is 32.6 Å². The second-order valence-electron chi connectivity index (χ2n) is 10.1. The molecule has 0 aliphatic carbocycles. The fourth-order valence-electron chi connectivity index (χ4n) is 4.35. The Morgan fingerprint density at radius 1 is 0.921 bits per heavy atom. The van der Waals surface area contributed by atoms with E-state index in [0.29, 0.717) is 16.9 Å². The maximum absolute atomic E-state index is 14.7. The predicted octanol–water partition coefficient (Wildman–Crippen LogP) is 4.72. The van der Waals surface area contributed by atoms with Crippen molar-refractivity contribution >= 4 is 23.5 Å². The number of fused-ring (bicyclic) bond motifs is 1. The van der Waals surface area contributed by atoms with Gasteiger partial charge in [0.15, 0.2) is 11.6 Å². The van der Waals surface area contributed by atoms with Gasteiger partial charge in [0.05, 0.1) is 12.8 Å². The van der Waals surface area contributed by atoms with Gasteiger partial charge in [-0.2, -0.15) is 0 Å². The molecule has 7 nitrogen and oxygen atoms in total. The van der Waals surface area contributed by atoms with Crippen LogP contribution in [0.4, 0.5) is 14.5 Å². The highest BCUT2D eigenvalue weighted by Gasteiger charge is 2.51. The fraction of sp³-hybridized carbons (Fsp3) is 0.276. The number of nitrogens with one attached hydrogen (secondary N) is 2. The number of hydrogen-bond acceptors (Lipinski definition) is 5. The average Bonchev–Trinajstić information content (AvgIpc) is 3.19. The van der Waals surface area contributed by atoms with Crippen LogP contribution in [0.3, 0.4) is 0 Å². The quantitative estimate of drug-likeness (QED) is 0.361. The second-order valence-corrected chi connectivity index (χ2v) is 10.1. The number of ether oxygens (including phenoxy) is 2. The summed E-state index contributed by atoms with van der Waals surface area (Å²) in [5, 5.41) is 5.12. The Morgan fingerprint density at radius 2 is 1.47 bits per heavy atom. The van der Waals surface area contributed by atoms with E-state index in [-0.39, 0.29) is 22.9 Å². The van der Waals surface area contributed by atoms with Gasteiger partial charge in [0, 0.05) is 11.0 Å². The molecule has 1 aliphatic heterocycles. The minimum Gasteiger partial charge on any atom is -0.497 e. The molecular formula is C29H28F2N2O5. The molecule has 1 aliphatic rings. The summed E-state index contributed by atoms with van der Waals surface area (Å²) in [6.07, 6.45) is 0. The molecule has 0 spiro atoms. The summed E-state index contributed by atoms with van der Waals surface area (Å²) in [4.78, 5) is 38.3. The monoisotopic (exact) mass is 522 g/mol. The van der Waals surface area contributed by atoms with Gasteiger partial charge in [0.25, 0.3) is 0 Å². The zero-order chi connectivity index (χ0) is 27.8. The molecule has 4 rings (SSSR count). The van der Waals surface area contributed by atoms with Crippen LogP contribution < -0.4 is 20.1 Å². The first-order valence-electron chi connectivity index (χ1n) is 12.0. The lowest BCUT2D eigenvalue weighted by Crippen LogP contribution is -2.45. The highest BCUT2D eigenvalue weighted by molar-refractivity contribution is 6.11. The van der Waals surface area contributed by atoms with E-state index in [2.05, 4.69) is 10.6 Å². The molecule has 0 saturated carbocycles. The molecule has 2 N–H and O–H groups in total. The molecule has 0 radical (unpaired) electrons. The number of benzene rings is 3. The Labute approximate surface area is 219 Å². The molecule has 3 aromatic rings. The average molecular weight is 523 g/mol. The van der Waals surface area contributed by atoms with Gasteiger partial charge in [0.2, 0.25) is 11.8 Å². The highest BCUT2D eigenvalue weighted by Crippen LogP contribution is 2.49. The smallest absolute Gasteiger partial charge is 0.333 e. The van der Waals surface area contributed by atoms with E-state index in [1.807, 2.05) is 0 Å². The Bertz CT molecular complexity index is 1400. The van der Waals surface area contributed by atoms with Gasteiger partial charge in [-0.3, -0.25) is 9.59 Å². The van der Waals surface area contributed by atoms with E-state index in [4.69, 9.17) is 9.47 Å². The summed E-state index contributed by atoms with van der Waals surface area (Å²) in [5.74, 6) is -3.01. The van der Waals surface area contributed by atoms with Crippen LogP contribution in [0.2, 0.25) is 0 Å². The predicted molar refractivity (Wildman–Crippen MR) is 137 cm³/mol. The summed E-state index contributed by atoms with van der Waals surface area (Å²) in [7, 11) is 1.51. The van der Waals surface area contributed by atoms with E-state index in [9.17, 15) is 23.2 Å². The van der Waals surface area contributed by atoms with Crippen LogP contribution in [0.25, 0.3) is 0 Å². The van der Waals surface area contributed by atoms with Crippen molar-refractivity contribution in [1.82, 2.24) is 5.32 Å². The summed E-state index contributed by atoms with van der Waals surface area (Å²) in [6, 6.07) is 14.4. The molecular weight excluding hydrogens is 494 g/mol. The Kier molecular flexibility index (Phi) is 6.97. The topological polar surface area (TPSA) is 93.7 Å². The second kappa shape index (κ2) is 9.89. The van der Waals surface area contributed by atoms with Crippen molar-refractivity contribution in [1.29, 1.82) is 0 Å². The lowest BCUT2D eigenvalue weighted by molar-refractivity contribution is -0.140. The first-order valence-corrected chi connectivity index (χ1v) is 12.0. The normalized spacial score (nSPS) is 17.3. The van der Waals surface area contributed by atoms with Gasteiger partial charge in [-0.15, -0.1) is 0 Å². The van der Waals surface area contributed by atoms with Crippen LogP contribution in [0.15, 0.2) is 60.7 Å². The Balaban J connectivity index is 1.71. The van der Waals surface area contributed by atoms with Crippen molar-refractivity contribution in [3.05, 3.63) is 89.0 Å². The zero-order valence-electron chi connectivity index (χ0n) is 21.6. The zero-order valence-corrected chi connectivity index (χ0v) is 21.6. The fourth-order valence-corrected chi connectivity index (χ4v) is 4.35. The largest absolute Gasteiger partial charge is 0.497 e. The SMILES string of the molecule is COc1ccc(C2(c3ccc(OC(=O)C(C)NC(=O)C(C)(C)C)cc3)C(=O)Nc3c2ccc(F)c3F)cc1. The minimum absolute atomic E-state index is 0.185. The molecule has 2 unspecified atom stereocenters. The number of hydrogen-bond donors (Lipinski definition) is 2.